The van der Waals surface area contributed by atoms with Gasteiger partial charge in [-0.05, 0) is 54.4 Å². The van der Waals surface area contributed by atoms with E-state index in [0.29, 0.717) is 11.5 Å². The van der Waals surface area contributed by atoms with Gasteiger partial charge in [0.15, 0.2) is 0 Å². The summed E-state index contributed by atoms with van der Waals surface area (Å²) >= 11 is 0. The average Bonchev–Trinajstić information content (AvgIpc) is 3.00. The first kappa shape index (κ1) is 17.0. The number of fused-ring (bicyclic) bond motifs is 1. The summed E-state index contributed by atoms with van der Waals surface area (Å²) in [6.45, 7) is 1.99. The zero-order valence-electron chi connectivity index (χ0n) is 14.8. The van der Waals surface area contributed by atoms with Gasteiger partial charge < -0.3 is 5.32 Å². The number of hydrogen-bond donors (Lipinski definition) is 1. The zero-order valence-corrected chi connectivity index (χ0v) is 14.8. The first-order valence-electron chi connectivity index (χ1n) is 8.68. The van der Waals surface area contributed by atoms with Crippen molar-refractivity contribution in [2.75, 3.05) is 5.32 Å². The van der Waals surface area contributed by atoms with E-state index in [4.69, 9.17) is 0 Å². The summed E-state index contributed by atoms with van der Waals surface area (Å²) in [4.78, 5) is 17.3. The third-order valence-corrected chi connectivity index (χ3v) is 4.36. The molecule has 0 spiro atoms. The molecule has 0 aliphatic carbocycles. The number of rotatable bonds is 4. The Hall–Kier alpha value is -3.47. The number of aromatic nitrogens is 2. The molecule has 134 valence electrons. The van der Waals surface area contributed by atoms with Crippen LogP contribution in [-0.2, 0) is 11.2 Å². The van der Waals surface area contributed by atoms with E-state index >= 15 is 0 Å². The summed E-state index contributed by atoms with van der Waals surface area (Å²) in [6, 6.07) is 19.6. The number of anilines is 1. The Kier molecular flexibility index (Phi) is 4.42. The van der Waals surface area contributed by atoms with Crippen molar-refractivity contribution in [2.24, 2.45) is 0 Å². The fourth-order valence-electron chi connectivity index (χ4n) is 3.03. The molecule has 4 nitrogen and oxygen atoms in total. The first-order valence-corrected chi connectivity index (χ1v) is 8.68. The lowest BCUT2D eigenvalue weighted by Crippen LogP contribution is -2.16. The van der Waals surface area contributed by atoms with Gasteiger partial charge in [-0.25, -0.2) is 9.37 Å². The van der Waals surface area contributed by atoms with Gasteiger partial charge in [0.1, 0.15) is 23.0 Å². The predicted octanol–water partition coefficient (Wildman–Crippen LogP) is 4.63. The second-order valence-electron chi connectivity index (χ2n) is 6.46. The molecule has 1 amide bonds. The highest BCUT2D eigenvalue weighted by molar-refractivity contribution is 5.95. The van der Waals surface area contributed by atoms with Crippen LogP contribution in [0.3, 0.4) is 0 Å². The molecule has 0 atom stereocenters. The van der Waals surface area contributed by atoms with Gasteiger partial charge in [-0.15, -0.1) is 0 Å². The summed E-state index contributed by atoms with van der Waals surface area (Å²) in [5.41, 5.74) is 4.09. The molecule has 0 aliphatic rings. The summed E-state index contributed by atoms with van der Waals surface area (Å²) in [7, 11) is 0. The SMILES string of the molecule is Cc1ccn2c(NC(=O)Cc3ccccc3)c(-c3ccc(F)cc3)nc2c1. The van der Waals surface area contributed by atoms with Gasteiger partial charge in [0.2, 0.25) is 5.91 Å². The molecule has 0 aliphatic heterocycles. The Bertz CT molecular complexity index is 1100. The Morgan fingerprint density at radius 1 is 1.07 bits per heavy atom. The second kappa shape index (κ2) is 7.03. The molecule has 0 saturated heterocycles. The number of halogens is 1. The topological polar surface area (TPSA) is 46.4 Å². The quantitative estimate of drug-likeness (QED) is 0.577. The van der Waals surface area contributed by atoms with Gasteiger partial charge in [0, 0.05) is 11.8 Å². The number of carbonyl (C=O) groups is 1. The van der Waals surface area contributed by atoms with E-state index in [9.17, 15) is 9.18 Å². The molecule has 0 bridgehead atoms. The van der Waals surface area contributed by atoms with Crippen molar-refractivity contribution in [1.29, 1.82) is 0 Å². The predicted molar refractivity (Wildman–Crippen MR) is 104 cm³/mol. The maximum atomic E-state index is 13.3. The van der Waals surface area contributed by atoms with Crippen LogP contribution >= 0.6 is 0 Å². The lowest BCUT2D eigenvalue weighted by Gasteiger charge is -2.08. The molecule has 4 rings (SSSR count). The smallest absolute Gasteiger partial charge is 0.229 e. The summed E-state index contributed by atoms with van der Waals surface area (Å²) in [5, 5.41) is 2.98. The van der Waals surface area contributed by atoms with Crippen molar-refractivity contribution in [3.8, 4) is 11.3 Å². The molecular formula is C22H18FN3O. The van der Waals surface area contributed by atoms with Crippen molar-refractivity contribution in [3.63, 3.8) is 0 Å². The highest BCUT2D eigenvalue weighted by atomic mass is 19.1. The van der Waals surface area contributed by atoms with E-state index < -0.39 is 0 Å². The van der Waals surface area contributed by atoms with E-state index in [1.807, 2.05) is 60.0 Å². The maximum absolute atomic E-state index is 13.3. The van der Waals surface area contributed by atoms with Crippen molar-refractivity contribution >= 4 is 17.4 Å². The van der Waals surface area contributed by atoms with Crippen LogP contribution in [0.15, 0.2) is 72.9 Å². The fourth-order valence-corrected chi connectivity index (χ4v) is 3.03. The molecular weight excluding hydrogens is 341 g/mol. The zero-order chi connectivity index (χ0) is 18.8. The van der Waals surface area contributed by atoms with E-state index in [1.54, 1.807) is 12.1 Å². The summed E-state index contributed by atoms with van der Waals surface area (Å²) < 4.78 is 15.2. The number of imidazole rings is 1. The lowest BCUT2D eigenvalue weighted by atomic mass is 10.1. The van der Waals surface area contributed by atoms with Gasteiger partial charge in [0.25, 0.3) is 0 Å². The van der Waals surface area contributed by atoms with Crippen LogP contribution in [0.5, 0.6) is 0 Å². The Morgan fingerprint density at radius 2 is 1.81 bits per heavy atom. The van der Waals surface area contributed by atoms with Crippen LogP contribution < -0.4 is 5.32 Å². The molecule has 2 aromatic heterocycles. The number of pyridine rings is 1. The number of nitrogens with one attached hydrogen (secondary N) is 1. The lowest BCUT2D eigenvalue weighted by molar-refractivity contribution is -0.115. The van der Waals surface area contributed by atoms with Crippen molar-refractivity contribution in [3.05, 3.63) is 89.9 Å². The molecule has 2 heterocycles. The second-order valence-corrected chi connectivity index (χ2v) is 6.46. The number of nitrogens with zero attached hydrogens (tertiary/aromatic N) is 2. The molecule has 27 heavy (non-hydrogen) atoms. The third-order valence-electron chi connectivity index (χ3n) is 4.36. The number of carbonyl (C=O) groups excluding carboxylic acids is 1. The maximum Gasteiger partial charge on any atom is 0.229 e. The molecule has 0 fully saturated rings. The molecule has 4 aromatic rings. The molecule has 0 saturated carbocycles. The first-order chi connectivity index (χ1) is 13.1. The van der Waals surface area contributed by atoms with Crippen LogP contribution in [0, 0.1) is 12.7 Å². The average molecular weight is 359 g/mol. The van der Waals surface area contributed by atoms with Crippen LogP contribution in [0.4, 0.5) is 10.2 Å². The van der Waals surface area contributed by atoms with Crippen molar-refractivity contribution in [1.82, 2.24) is 9.38 Å². The highest BCUT2D eigenvalue weighted by Gasteiger charge is 2.17. The molecule has 1 N–H and O–H groups in total. The summed E-state index contributed by atoms with van der Waals surface area (Å²) in [6.07, 6.45) is 2.14. The standard InChI is InChI=1S/C22H18FN3O/c1-15-11-12-26-19(13-15)24-21(17-7-9-18(23)10-8-17)22(26)25-20(27)14-16-5-3-2-4-6-16/h2-13H,14H2,1H3,(H,25,27). The normalized spacial score (nSPS) is 10.9. The van der Waals surface area contributed by atoms with Crippen LogP contribution in [0.25, 0.3) is 16.9 Å². The van der Waals surface area contributed by atoms with Crippen molar-refractivity contribution < 1.29 is 9.18 Å². The Labute approximate surface area is 156 Å². The highest BCUT2D eigenvalue weighted by Crippen LogP contribution is 2.29. The number of benzene rings is 2. The van der Waals surface area contributed by atoms with Crippen LogP contribution in [-0.4, -0.2) is 15.3 Å². The largest absolute Gasteiger partial charge is 0.310 e. The minimum absolute atomic E-state index is 0.132. The van der Waals surface area contributed by atoms with Gasteiger partial charge >= 0.3 is 0 Å². The van der Waals surface area contributed by atoms with Gasteiger partial charge in [0.05, 0.1) is 6.42 Å². The number of hydrogen-bond acceptors (Lipinski definition) is 2. The van der Waals surface area contributed by atoms with E-state index in [2.05, 4.69) is 10.3 Å². The van der Waals surface area contributed by atoms with E-state index in [0.717, 1.165) is 22.3 Å². The molecule has 2 aromatic carbocycles. The number of amides is 1. The fraction of sp³-hybridized carbons (Fsp3) is 0.0909. The van der Waals surface area contributed by atoms with Crippen LogP contribution in [0.2, 0.25) is 0 Å². The van der Waals surface area contributed by atoms with Gasteiger partial charge in [-0.1, -0.05) is 30.3 Å². The minimum Gasteiger partial charge on any atom is -0.310 e. The Morgan fingerprint density at radius 3 is 2.56 bits per heavy atom. The Balaban J connectivity index is 1.74. The van der Waals surface area contributed by atoms with E-state index in [1.165, 1.54) is 12.1 Å². The monoisotopic (exact) mass is 359 g/mol. The number of aryl methyl sites for hydroxylation is 1. The van der Waals surface area contributed by atoms with Crippen LogP contribution in [0.1, 0.15) is 11.1 Å². The van der Waals surface area contributed by atoms with Gasteiger partial charge in [-0.2, -0.15) is 0 Å². The molecule has 5 heteroatoms. The van der Waals surface area contributed by atoms with Crippen molar-refractivity contribution in [2.45, 2.75) is 13.3 Å². The van der Waals surface area contributed by atoms with E-state index in [-0.39, 0.29) is 18.1 Å². The third kappa shape index (κ3) is 3.58. The molecule has 0 radical (unpaired) electrons. The summed E-state index contributed by atoms with van der Waals surface area (Å²) in [5.74, 6) is 0.137. The van der Waals surface area contributed by atoms with Gasteiger partial charge in [-0.3, -0.25) is 9.20 Å². The minimum atomic E-state index is -0.312. The molecule has 0 unspecified atom stereocenters.